The highest BCUT2D eigenvalue weighted by atomic mass is 15.2. The van der Waals surface area contributed by atoms with Gasteiger partial charge in [0, 0.05) is 26.2 Å². The van der Waals surface area contributed by atoms with Crippen LogP contribution in [0.15, 0.2) is 0 Å². The first-order valence-electron chi connectivity index (χ1n) is 4.24. The zero-order chi connectivity index (χ0) is 7.40. The van der Waals surface area contributed by atoms with E-state index >= 15 is 0 Å². The van der Waals surface area contributed by atoms with Crippen LogP contribution in [0.25, 0.3) is 0 Å². The molecule has 0 radical (unpaired) electrons. The first kappa shape index (κ1) is 14.4. The Balaban J connectivity index is 0. The van der Waals surface area contributed by atoms with E-state index in [-0.39, 0.29) is 14.9 Å². The third-order valence-corrected chi connectivity index (χ3v) is 2.14. The Morgan fingerprint density at radius 2 is 1.50 bits per heavy atom. The number of rotatable bonds is 2. The van der Waals surface area contributed by atoms with Gasteiger partial charge in [-0.3, -0.25) is 0 Å². The highest BCUT2D eigenvalue weighted by Gasteiger charge is 2.11. The van der Waals surface area contributed by atoms with Crippen LogP contribution in [0.5, 0.6) is 0 Å². The fourth-order valence-corrected chi connectivity index (χ4v) is 1.39. The molecule has 0 aromatic heterocycles. The maximum Gasteiger partial charge on any atom is 0.0110 e. The van der Waals surface area contributed by atoms with Gasteiger partial charge in [0.25, 0.3) is 0 Å². The lowest BCUT2D eigenvalue weighted by atomic mass is 10.3. The van der Waals surface area contributed by atoms with Gasteiger partial charge in [0.15, 0.2) is 0 Å². The van der Waals surface area contributed by atoms with Crippen molar-refractivity contribution in [2.45, 2.75) is 28.2 Å². The molecule has 12 heavy (non-hydrogen) atoms. The van der Waals surface area contributed by atoms with Gasteiger partial charge in [-0.25, -0.2) is 0 Å². The van der Waals surface area contributed by atoms with Crippen LogP contribution in [-0.2, 0) is 0 Å². The van der Waals surface area contributed by atoms with E-state index in [1.165, 1.54) is 39.1 Å². The zero-order valence-corrected chi connectivity index (χ0v) is 7.14. The van der Waals surface area contributed by atoms with E-state index < -0.39 is 0 Å². The van der Waals surface area contributed by atoms with E-state index in [1.807, 2.05) is 0 Å². The van der Waals surface area contributed by atoms with Crippen LogP contribution in [0.4, 0.5) is 0 Å². The van der Waals surface area contributed by atoms with Crippen LogP contribution < -0.4 is 0 Å². The molecule has 0 aliphatic carbocycles. The molecule has 0 bridgehead atoms. The van der Waals surface area contributed by atoms with Crippen molar-refractivity contribution in [2.75, 3.05) is 39.8 Å². The molecular formula is C10H26N2. The molecule has 0 atom stereocenters. The molecular weight excluding hydrogens is 148 g/mol. The molecule has 0 aromatic carbocycles. The fourth-order valence-electron chi connectivity index (χ4n) is 1.39. The van der Waals surface area contributed by atoms with Crippen molar-refractivity contribution in [3.8, 4) is 0 Å². The van der Waals surface area contributed by atoms with E-state index in [0.29, 0.717) is 0 Å². The first-order chi connectivity index (χ1) is 4.83. The summed E-state index contributed by atoms with van der Waals surface area (Å²) < 4.78 is 0. The van der Waals surface area contributed by atoms with Gasteiger partial charge in [-0.2, -0.15) is 0 Å². The van der Waals surface area contributed by atoms with E-state index in [1.54, 1.807) is 0 Å². The predicted molar refractivity (Wildman–Crippen MR) is 57.7 cm³/mol. The molecule has 0 N–H and O–H groups in total. The minimum atomic E-state index is 0. The predicted octanol–water partition coefficient (Wildman–Crippen LogP) is 1.92. The molecule has 1 aliphatic heterocycles. The molecule has 1 aliphatic rings. The second-order valence-corrected chi connectivity index (χ2v) is 3.14. The van der Waals surface area contributed by atoms with Gasteiger partial charge in [-0.1, -0.05) is 21.8 Å². The van der Waals surface area contributed by atoms with E-state index in [4.69, 9.17) is 0 Å². The molecule has 0 spiro atoms. The lowest BCUT2D eigenvalue weighted by Crippen LogP contribution is -2.44. The fraction of sp³-hybridized carbons (Fsp3) is 1.00. The summed E-state index contributed by atoms with van der Waals surface area (Å²) in [7, 11) is 2.20. The maximum atomic E-state index is 2.54. The summed E-state index contributed by atoms with van der Waals surface area (Å²) in [6.07, 6.45) is 1.30. The largest absolute Gasteiger partial charge is 0.304 e. The van der Waals surface area contributed by atoms with Crippen molar-refractivity contribution in [1.82, 2.24) is 9.80 Å². The minimum Gasteiger partial charge on any atom is -0.304 e. The number of piperazine rings is 1. The van der Waals surface area contributed by atoms with Crippen molar-refractivity contribution < 1.29 is 0 Å². The van der Waals surface area contributed by atoms with Gasteiger partial charge < -0.3 is 9.80 Å². The topological polar surface area (TPSA) is 6.48 Å². The lowest BCUT2D eigenvalue weighted by Gasteiger charge is -2.31. The molecule has 76 valence electrons. The van der Waals surface area contributed by atoms with E-state index in [2.05, 4.69) is 23.8 Å². The third kappa shape index (κ3) is 4.73. The van der Waals surface area contributed by atoms with Crippen molar-refractivity contribution >= 4 is 0 Å². The Bertz CT molecular complexity index is 85.8. The van der Waals surface area contributed by atoms with Gasteiger partial charge in [0.1, 0.15) is 0 Å². The summed E-state index contributed by atoms with van der Waals surface area (Å²) in [6, 6.07) is 0. The van der Waals surface area contributed by atoms with Crippen molar-refractivity contribution in [3.63, 3.8) is 0 Å². The Kier molecular flexibility index (Phi) is 9.10. The summed E-state index contributed by atoms with van der Waals surface area (Å²) in [5.41, 5.74) is 0. The molecule has 1 saturated heterocycles. The maximum absolute atomic E-state index is 2.54. The minimum absolute atomic E-state index is 0. The average Bonchev–Trinajstić information content (AvgIpc) is 1.95. The van der Waals surface area contributed by atoms with Crippen LogP contribution in [0.3, 0.4) is 0 Å². The number of hydrogen-bond acceptors (Lipinski definition) is 2. The SMILES string of the molecule is C.C.CCCN1CCN(C)CC1. The van der Waals surface area contributed by atoms with Crippen LogP contribution in [0, 0.1) is 0 Å². The smallest absolute Gasteiger partial charge is 0.0110 e. The van der Waals surface area contributed by atoms with Crippen LogP contribution >= 0.6 is 0 Å². The molecule has 1 rings (SSSR count). The standard InChI is InChI=1S/C8H18N2.2CH4/c1-3-4-10-7-5-9(2)6-8-10;;/h3-8H2,1-2H3;2*1H4. The Morgan fingerprint density at radius 1 is 1.00 bits per heavy atom. The summed E-state index contributed by atoms with van der Waals surface area (Å²) in [6.45, 7) is 8.57. The Labute approximate surface area is 78.5 Å². The highest BCUT2D eigenvalue weighted by Crippen LogP contribution is 1.98. The van der Waals surface area contributed by atoms with Crippen molar-refractivity contribution in [1.29, 1.82) is 0 Å². The van der Waals surface area contributed by atoms with Gasteiger partial charge in [-0.05, 0) is 20.0 Å². The summed E-state index contributed by atoms with van der Waals surface area (Å²) >= 11 is 0. The van der Waals surface area contributed by atoms with Crippen LogP contribution in [0.2, 0.25) is 0 Å². The molecule has 0 aromatic rings. The zero-order valence-electron chi connectivity index (χ0n) is 7.14. The summed E-state index contributed by atoms with van der Waals surface area (Å²) in [5, 5.41) is 0. The highest BCUT2D eigenvalue weighted by molar-refractivity contribution is 4.67. The Morgan fingerprint density at radius 3 is 1.92 bits per heavy atom. The molecule has 2 nitrogen and oxygen atoms in total. The molecule has 1 heterocycles. The summed E-state index contributed by atoms with van der Waals surface area (Å²) in [4.78, 5) is 4.94. The van der Waals surface area contributed by atoms with E-state index in [0.717, 1.165) is 0 Å². The Hall–Kier alpha value is -0.0800. The molecule has 2 heteroatoms. The second-order valence-electron chi connectivity index (χ2n) is 3.14. The van der Waals surface area contributed by atoms with Gasteiger partial charge >= 0.3 is 0 Å². The van der Waals surface area contributed by atoms with Gasteiger partial charge in [0.05, 0.1) is 0 Å². The number of likely N-dealkylation sites (N-methyl/N-ethyl adjacent to an activating group) is 1. The number of hydrogen-bond donors (Lipinski definition) is 0. The quantitative estimate of drug-likeness (QED) is 0.631. The normalized spacial score (nSPS) is 19.5. The second kappa shape index (κ2) is 7.56. The summed E-state index contributed by atoms with van der Waals surface area (Å²) in [5.74, 6) is 0. The van der Waals surface area contributed by atoms with Crippen molar-refractivity contribution in [3.05, 3.63) is 0 Å². The van der Waals surface area contributed by atoms with Crippen molar-refractivity contribution in [2.24, 2.45) is 0 Å². The molecule has 0 saturated carbocycles. The van der Waals surface area contributed by atoms with Gasteiger partial charge in [-0.15, -0.1) is 0 Å². The monoisotopic (exact) mass is 174 g/mol. The first-order valence-corrected chi connectivity index (χ1v) is 4.24. The average molecular weight is 174 g/mol. The molecule has 1 fully saturated rings. The molecule has 0 unspecified atom stereocenters. The van der Waals surface area contributed by atoms with Crippen LogP contribution in [-0.4, -0.2) is 49.6 Å². The van der Waals surface area contributed by atoms with Crippen LogP contribution in [0.1, 0.15) is 28.2 Å². The number of nitrogens with zero attached hydrogens (tertiary/aromatic N) is 2. The third-order valence-electron chi connectivity index (χ3n) is 2.14. The van der Waals surface area contributed by atoms with Gasteiger partial charge in [0.2, 0.25) is 0 Å². The lowest BCUT2D eigenvalue weighted by molar-refractivity contribution is 0.154. The molecule has 0 amide bonds. The van der Waals surface area contributed by atoms with E-state index in [9.17, 15) is 0 Å².